The molecule has 2 rings (SSSR count). The number of ether oxygens (including phenoxy) is 1. The maximum Gasteiger partial charge on any atom is 0.193 e. The molecule has 1 aromatic rings. The summed E-state index contributed by atoms with van der Waals surface area (Å²) in [6.45, 7) is 10.1. The molecular weight excluding hydrogens is 292 g/mol. The average molecular weight is 322 g/mol. The average Bonchev–Trinajstić information content (AvgIpc) is 3.30. The van der Waals surface area contributed by atoms with Gasteiger partial charge in [0.1, 0.15) is 5.76 Å². The standard InChI is InChI=1S/C17H30N4O2/c1-5-18-17(21(4)10-11-22-12-15-6-7-15)19-9-8-16-13(2)20-23-14(16)3/h15H,5-12H2,1-4H3,(H,18,19). The first-order valence-corrected chi connectivity index (χ1v) is 8.60. The van der Waals surface area contributed by atoms with Crippen LogP contribution in [0.4, 0.5) is 0 Å². The van der Waals surface area contributed by atoms with Gasteiger partial charge in [0.2, 0.25) is 0 Å². The van der Waals surface area contributed by atoms with Gasteiger partial charge in [-0.2, -0.15) is 0 Å². The second-order valence-corrected chi connectivity index (χ2v) is 6.23. The lowest BCUT2D eigenvalue weighted by Crippen LogP contribution is -2.40. The van der Waals surface area contributed by atoms with E-state index in [2.05, 4.69) is 29.3 Å². The van der Waals surface area contributed by atoms with Crippen molar-refractivity contribution in [3.63, 3.8) is 0 Å². The molecule has 6 nitrogen and oxygen atoms in total. The molecule has 1 aliphatic carbocycles. The van der Waals surface area contributed by atoms with Crippen LogP contribution in [0.5, 0.6) is 0 Å². The molecule has 23 heavy (non-hydrogen) atoms. The van der Waals surface area contributed by atoms with E-state index in [4.69, 9.17) is 14.3 Å². The van der Waals surface area contributed by atoms with Gasteiger partial charge in [0.15, 0.2) is 5.96 Å². The summed E-state index contributed by atoms with van der Waals surface area (Å²) in [4.78, 5) is 6.83. The van der Waals surface area contributed by atoms with Crippen molar-refractivity contribution in [1.82, 2.24) is 15.4 Å². The van der Waals surface area contributed by atoms with Crippen LogP contribution in [0.3, 0.4) is 0 Å². The fourth-order valence-electron chi connectivity index (χ4n) is 2.44. The van der Waals surface area contributed by atoms with E-state index in [0.29, 0.717) is 0 Å². The van der Waals surface area contributed by atoms with Gasteiger partial charge in [-0.25, -0.2) is 0 Å². The molecule has 130 valence electrons. The van der Waals surface area contributed by atoms with Crippen LogP contribution in [-0.2, 0) is 11.2 Å². The summed E-state index contributed by atoms with van der Waals surface area (Å²) >= 11 is 0. The van der Waals surface area contributed by atoms with E-state index in [1.807, 2.05) is 13.8 Å². The number of likely N-dealkylation sites (N-methyl/N-ethyl adjacent to an activating group) is 1. The van der Waals surface area contributed by atoms with Gasteiger partial charge in [-0.15, -0.1) is 0 Å². The van der Waals surface area contributed by atoms with E-state index in [-0.39, 0.29) is 0 Å². The Labute approximate surface area is 139 Å². The second-order valence-electron chi connectivity index (χ2n) is 6.23. The molecule has 1 aliphatic rings. The number of guanidine groups is 1. The van der Waals surface area contributed by atoms with Crippen molar-refractivity contribution in [2.24, 2.45) is 10.9 Å². The molecule has 6 heteroatoms. The largest absolute Gasteiger partial charge is 0.379 e. The first kappa shape index (κ1) is 17.8. The third kappa shape index (κ3) is 5.86. The number of aliphatic imine (C=N–C) groups is 1. The summed E-state index contributed by atoms with van der Waals surface area (Å²) in [6.07, 6.45) is 3.52. The van der Waals surface area contributed by atoms with Crippen LogP contribution >= 0.6 is 0 Å². The van der Waals surface area contributed by atoms with Crippen LogP contribution in [0, 0.1) is 19.8 Å². The molecular formula is C17H30N4O2. The number of hydrogen-bond donors (Lipinski definition) is 1. The number of nitrogens with zero attached hydrogens (tertiary/aromatic N) is 3. The molecule has 0 unspecified atom stereocenters. The smallest absolute Gasteiger partial charge is 0.193 e. The molecule has 1 aromatic heterocycles. The predicted octanol–water partition coefficient (Wildman–Crippen LogP) is 2.16. The Morgan fingerprint density at radius 1 is 1.43 bits per heavy atom. The Kier molecular flexibility index (Phi) is 6.89. The monoisotopic (exact) mass is 322 g/mol. The van der Waals surface area contributed by atoms with Gasteiger partial charge >= 0.3 is 0 Å². The molecule has 0 saturated heterocycles. The van der Waals surface area contributed by atoms with Crippen LogP contribution < -0.4 is 5.32 Å². The van der Waals surface area contributed by atoms with Gasteiger partial charge in [0.25, 0.3) is 0 Å². The summed E-state index contributed by atoms with van der Waals surface area (Å²) in [5, 5.41) is 7.32. The molecule has 1 fully saturated rings. The molecule has 1 saturated carbocycles. The van der Waals surface area contributed by atoms with Gasteiger partial charge in [-0.3, -0.25) is 4.99 Å². The molecule has 0 aliphatic heterocycles. The van der Waals surface area contributed by atoms with Crippen molar-refractivity contribution in [2.45, 2.75) is 40.0 Å². The fraction of sp³-hybridized carbons (Fsp3) is 0.765. The maximum absolute atomic E-state index is 5.71. The highest BCUT2D eigenvalue weighted by Gasteiger charge is 2.21. The highest BCUT2D eigenvalue weighted by Crippen LogP contribution is 2.28. The topological polar surface area (TPSA) is 62.9 Å². The number of nitrogens with one attached hydrogen (secondary N) is 1. The van der Waals surface area contributed by atoms with Crippen LogP contribution in [-0.4, -0.2) is 55.9 Å². The van der Waals surface area contributed by atoms with Crippen LogP contribution in [0.1, 0.15) is 36.8 Å². The molecule has 0 amide bonds. The molecule has 0 atom stereocenters. The highest BCUT2D eigenvalue weighted by atomic mass is 16.5. The molecule has 0 radical (unpaired) electrons. The molecule has 0 bridgehead atoms. The number of hydrogen-bond acceptors (Lipinski definition) is 4. The molecule has 1 N–H and O–H groups in total. The van der Waals surface area contributed by atoms with Gasteiger partial charge in [0.05, 0.1) is 12.3 Å². The predicted molar refractivity (Wildman–Crippen MR) is 91.8 cm³/mol. The lowest BCUT2D eigenvalue weighted by molar-refractivity contribution is 0.115. The fourth-order valence-corrected chi connectivity index (χ4v) is 2.44. The number of aryl methyl sites for hydroxylation is 2. The number of rotatable bonds is 9. The first-order chi connectivity index (χ1) is 11.1. The zero-order chi connectivity index (χ0) is 16.7. The quantitative estimate of drug-likeness (QED) is 0.429. The van der Waals surface area contributed by atoms with Crippen LogP contribution in [0.2, 0.25) is 0 Å². The SMILES string of the molecule is CCNC(=NCCc1c(C)noc1C)N(C)CCOCC1CC1. The lowest BCUT2D eigenvalue weighted by Gasteiger charge is -2.22. The van der Waals surface area contributed by atoms with Gasteiger partial charge in [-0.1, -0.05) is 5.16 Å². The third-order valence-corrected chi connectivity index (χ3v) is 4.12. The Morgan fingerprint density at radius 2 is 2.22 bits per heavy atom. The van der Waals surface area contributed by atoms with Gasteiger partial charge < -0.3 is 19.5 Å². The van der Waals surface area contributed by atoms with E-state index in [1.54, 1.807) is 0 Å². The Bertz CT molecular complexity index is 489. The minimum absolute atomic E-state index is 0.721. The normalized spacial score (nSPS) is 15.0. The van der Waals surface area contributed by atoms with E-state index >= 15 is 0 Å². The summed E-state index contributed by atoms with van der Waals surface area (Å²) in [5.74, 6) is 2.64. The summed E-state index contributed by atoms with van der Waals surface area (Å²) < 4.78 is 10.9. The van der Waals surface area contributed by atoms with Crippen molar-refractivity contribution < 1.29 is 9.26 Å². The third-order valence-electron chi connectivity index (χ3n) is 4.12. The summed E-state index contributed by atoms with van der Waals surface area (Å²) in [7, 11) is 2.05. The molecule has 0 spiro atoms. The van der Waals surface area contributed by atoms with Crippen molar-refractivity contribution in [1.29, 1.82) is 0 Å². The van der Waals surface area contributed by atoms with Gasteiger partial charge in [-0.05, 0) is 46.0 Å². The zero-order valence-electron chi connectivity index (χ0n) is 14.9. The zero-order valence-corrected chi connectivity index (χ0v) is 14.9. The number of aromatic nitrogens is 1. The van der Waals surface area contributed by atoms with Crippen molar-refractivity contribution >= 4 is 5.96 Å². The van der Waals surface area contributed by atoms with Crippen molar-refractivity contribution in [2.75, 3.05) is 39.9 Å². The van der Waals surface area contributed by atoms with Crippen molar-refractivity contribution in [3.05, 3.63) is 17.0 Å². The first-order valence-electron chi connectivity index (χ1n) is 8.60. The van der Waals surface area contributed by atoms with E-state index in [9.17, 15) is 0 Å². The summed E-state index contributed by atoms with van der Waals surface area (Å²) in [5.41, 5.74) is 2.13. The van der Waals surface area contributed by atoms with E-state index in [0.717, 1.165) is 62.6 Å². The highest BCUT2D eigenvalue weighted by molar-refractivity contribution is 5.79. The van der Waals surface area contributed by atoms with E-state index in [1.165, 1.54) is 18.4 Å². The Morgan fingerprint density at radius 3 is 2.83 bits per heavy atom. The van der Waals surface area contributed by atoms with Crippen LogP contribution in [0.15, 0.2) is 9.52 Å². The van der Waals surface area contributed by atoms with Crippen LogP contribution in [0.25, 0.3) is 0 Å². The lowest BCUT2D eigenvalue weighted by atomic mass is 10.1. The Hall–Kier alpha value is -1.56. The summed E-state index contributed by atoms with van der Waals surface area (Å²) in [6, 6.07) is 0. The molecule has 1 heterocycles. The van der Waals surface area contributed by atoms with E-state index < -0.39 is 0 Å². The minimum Gasteiger partial charge on any atom is -0.379 e. The van der Waals surface area contributed by atoms with Crippen molar-refractivity contribution in [3.8, 4) is 0 Å². The Balaban J connectivity index is 1.77. The maximum atomic E-state index is 5.71. The minimum atomic E-state index is 0.721. The van der Waals surface area contributed by atoms with Gasteiger partial charge in [0, 0.05) is 38.9 Å². The second kappa shape index (κ2) is 8.91. The molecule has 0 aromatic carbocycles.